The largest absolute Gasteiger partial charge is 0.325 e. The maximum atomic E-state index is 13.2. The first-order chi connectivity index (χ1) is 13.4. The average molecular weight is 414 g/mol. The van der Waals surface area contributed by atoms with Crippen molar-refractivity contribution in [3.8, 4) is 0 Å². The minimum atomic E-state index is -0.419. The lowest BCUT2D eigenvalue weighted by molar-refractivity contribution is -0.116. The Morgan fingerprint density at radius 2 is 1.89 bits per heavy atom. The van der Waals surface area contributed by atoms with Crippen molar-refractivity contribution in [3.63, 3.8) is 0 Å². The zero-order valence-corrected chi connectivity index (χ0v) is 17.3. The molecular weight excluding hydrogens is 394 g/mol. The summed E-state index contributed by atoms with van der Waals surface area (Å²) in [7, 11) is 0. The van der Waals surface area contributed by atoms with Gasteiger partial charge in [0.05, 0.1) is 6.04 Å². The van der Waals surface area contributed by atoms with E-state index in [0.29, 0.717) is 10.2 Å². The van der Waals surface area contributed by atoms with Crippen LogP contribution in [-0.4, -0.2) is 26.0 Å². The molecule has 0 bridgehead atoms. The molecule has 1 amide bonds. The summed E-state index contributed by atoms with van der Waals surface area (Å²) in [5, 5.41) is 12.3. The molecule has 4 rings (SSSR count). The van der Waals surface area contributed by atoms with Gasteiger partial charge in [0.25, 0.3) is 0 Å². The highest BCUT2D eigenvalue weighted by Gasteiger charge is 2.37. The van der Waals surface area contributed by atoms with Crippen LogP contribution in [0.25, 0.3) is 0 Å². The molecule has 28 heavy (non-hydrogen) atoms. The van der Waals surface area contributed by atoms with E-state index in [2.05, 4.69) is 27.0 Å². The second-order valence-corrected chi connectivity index (χ2v) is 8.41. The summed E-state index contributed by atoms with van der Waals surface area (Å²) in [5.41, 5.74) is 7.36. The molecule has 2 aromatic carbocycles. The number of carbonyl (C=O) groups is 1. The normalized spacial score (nSPS) is 18.3. The van der Waals surface area contributed by atoms with Gasteiger partial charge in [-0.1, -0.05) is 53.2 Å². The van der Waals surface area contributed by atoms with Crippen LogP contribution >= 0.6 is 23.4 Å². The number of amides is 1. The molecule has 2 atom stereocenters. The molecule has 0 saturated carbocycles. The smallest absolute Gasteiger partial charge is 0.240 e. The van der Waals surface area contributed by atoms with Gasteiger partial charge < -0.3 is 10.7 Å². The van der Waals surface area contributed by atoms with Gasteiger partial charge in [0.1, 0.15) is 11.1 Å². The summed E-state index contributed by atoms with van der Waals surface area (Å²) >= 11 is 7.45. The number of anilines is 1. The molecule has 0 radical (unpaired) electrons. The number of carbonyl (C=O) groups excluding carboxylic acids is 1. The molecule has 0 spiro atoms. The molecule has 144 valence electrons. The first-order valence-corrected chi connectivity index (χ1v) is 10.2. The first kappa shape index (κ1) is 18.8. The van der Waals surface area contributed by atoms with Crippen LogP contribution in [0.15, 0.2) is 47.6 Å². The van der Waals surface area contributed by atoms with E-state index >= 15 is 0 Å². The van der Waals surface area contributed by atoms with Gasteiger partial charge in [0, 0.05) is 10.7 Å². The summed E-state index contributed by atoms with van der Waals surface area (Å²) < 4.78 is 1.82. The van der Waals surface area contributed by atoms with Crippen LogP contribution in [0.1, 0.15) is 28.6 Å². The second kappa shape index (κ2) is 7.48. The Bertz CT molecular complexity index is 1030. The Kier molecular flexibility index (Phi) is 5.03. The maximum Gasteiger partial charge on any atom is 0.240 e. The summed E-state index contributed by atoms with van der Waals surface area (Å²) in [6, 6.07) is 13.3. The lowest BCUT2D eigenvalue weighted by atomic mass is 10.0. The third-order valence-corrected chi connectivity index (χ3v) is 6.19. The van der Waals surface area contributed by atoms with E-state index in [-0.39, 0.29) is 11.9 Å². The number of hydrogen-bond acceptors (Lipinski definition) is 5. The second-order valence-electron chi connectivity index (χ2n) is 6.87. The van der Waals surface area contributed by atoms with Gasteiger partial charge in [-0.25, -0.2) is 4.68 Å². The predicted molar refractivity (Wildman–Crippen MR) is 113 cm³/mol. The fraction of sp³-hybridized carbons (Fsp3) is 0.250. The number of hydrogen-bond donors (Lipinski definition) is 2. The molecule has 6 nitrogen and oxygen atoms in total. The van der Waals surface area contributed by atoms with Crippen LogP contribution in [0.2, 0.25) is 5.02 Å². The fourth-order valence-corrected chi connectivity index (χ4v) is 4.49. The lowest BCUT2D eigenvalue weighted by Crippen LogP contribution is -2.41. The Hall–Kier alpha value is -2.51. The monoisotopic (exact) mass is 413 g/mol. The van der Waals surface area contributed by atoms with Crippen LogP contribution < -0.4 is 10.7 Å². The van der Waals surface area contributed by atoms with Crippen molar-refractivity contribution in [2.75, 3.05) is 10.7 Å². The van der Waals surface area contributed by atoms with Crippen LogP contribution in [0.5, 0.6) is 0 Å². The molecule has 2 N–H and O–H groups in total. The molecule has 1 aromatic heterocycles. The lowest BCUT2D eigenvalue weighted by Gasteiger charge is -2.32. The number of halogens is 1. The van der Waals surface area contributed by atoms with E-state index in [1.54, 1.807) is 0 Å². The highest BCUT2D eigenvalue weighted by Crippen LogP contribution is 2.37. The molecule has 0 aliphatic carbocycles. The summed E-state index contributed by atoms with van der Waals surface area (Å²) in [5.74, 6) is 0.658. The minimum absolute atomic E-state index is 0.0868. The third kappa shape index (κ3) is 3.59. The molecule has 0 saturated heterocycles. The van der Waals surface area contributed by atoms with E-state index in [1.165, 1.54) is 11.8 Å². The van der Waals surface area contributed by atoms with E-state index in [9.17, 15) is 4.79 Å². The zero-order valence-electron chi connectivity index (χ0n) is 15.7. The SMILES string of the molecule is Cc1ccc(NC(=O)[C@@H]2Sc3nnc(C)n3N[C@@H]2c2ccc(Cl)cc2)c(C)c1. The molecular formula is C20H20ClN5OS. The average Bonchev–Trinajstić information content (AvgIpc) is 3.04. The van der Waals surface area contributed by atoms with Gasteiger partial charge in [-0.3, -0.25) is 4.79 Å². The highest BCUT2D eigenvalue weighted by atomic mass is 35.5. The van der Waals surface area contributed by atoms with Crippen molar-refractivity contribution in [3.05, 3.63) is 70.0 Å². The Balaban J connectivity index is 1.67. The Labute approximate surface area is 172 Å². The number of benzene rings is 2. The Morgan fingerprint density at radius 3 is 2.61 bits per heavy atom. The summed E-state index contributed by atoms with van der Waals surface area (Å²) in [6.45, 7) is 5.90. The number of rotatable bonds is 3. The number of fused-ring (bicyclic) bond motifs is 1. The van der Waals surface area contributed by atoms with Crippen LogP contribution in [0, 0.1) is 20.8 Å². The molecule has 0 unspecified atom stereocenters. The number of aromatic nitrogens is 3. The van der Waals surface area contributed by atoms with Crippen molar-refractivity contribution in [2.45, 2.75) is 37.2 Å². The van der Waals surface area contributed by atoms with Crippen LogP contribution in [0.3, 0.4) is 0 Å². The number of thioether (sulfide) groups is 1. The van der Waals surface area contributed by atoms with Crippen molar-refractivity contribution in [1.29, 1.82) is 0 Å². The number of aryl methyl sites for hydroxylation is 3. The number of nitrogens with one attached hydrogen (secondary N) is 2. The zero-order chi connectivity index (χ0) is 19.8. The third-order valence-electron chi connectivity index (χ3n) is 4.73. The van der Waals surface area contributed by atoms with E-state index in [1.807, 2.05) is 61.8 Å². The van der Waals surface area contributed by atoms with Crippen molar-refractivity contribution in [2.24, 2.45) is 0 Å². The van der Waals surface area contributed by atoms with Gasteiger partial charge in [0.15, 0.2) is 0 Å². The molecule has 2 heterocycles. The van der Waals surface area contributed by atoms with E-state index in [0.717, 1.165) is 28.2 Å². The highest BCUT2D eigenvalue weighted by molar-refractivity contribution is 8.00. The first-order valence-electron chi connectivity index (χ1n) is 8.91. The number of nitrogens with zero attached hydrogens (tertiary/aromatic N) is 3. The van der Waals surface area contributed by atoms with Gasteiger partial charge in [-0.15, -0.1) is 10.2 Å². The Morgan fingerprint density at radius 1 is 1.14 bits per heavy atom. The topological polar surface area (TPSA) is 71.8 Å². The van der Waals surface area contributed by atoms with Gasteiger partial charge >= 0.3 is 0 Å². The standard InChI is InChI=1S/C20H20ClN5OS/c1-11-4-9-16(12(2)10-11)22-19(27)18-17(14-5-7-15(21)8-6-14)25-26-13(3)23-24-20(26)28-18/h4-10,17-18,25H,1-3H3,(H,22,27)/t17-,18-/m1/s1. The van der Waals surface area contributed by atoms with E-state index < -0.39 is 5.25 Å². The minimum Gasteiger partial charge on any atom is -0.325 e. The molecule has 1 aliphatic heterocycles. The van der Waals surface area contributed by atoms with Crippen molar-refractivity contribution >= 4 is 35.0 Å². The molecule has 0 fully saturated rings. The van der Waals surface area contributed by atoms with E-state index in [4.69, 9.17) is 11.6 Å². The predicted octanol–water partition coefficient (Wildman–Crippen LogP) is 4.25. The van der Waals surface area contributed by atoms with Gasteiger partial charge in [-0.2, -0.15) is 0 Å². The van der Waals surface area contributed by atoms with Gasteiger partial charge in [-0.05, 0) is 50.1 Å². The van der Waals surface area contributed by atoms with Crippen LogP contribution in [0.4, 0.5) is 5.69 Å². The molecule has 3 aromatic rings. The van der Waals surface area contributed by atoms with Crippen LogP contribution in [-0.2, 0) is 4.79 Å². The molecule has 8 heteroatoms. The quantitative estimate of drug-likeness (QED) is 0.671. The fourth-order valence-electron chi connectivity index (χ4n) is 3.24. The summed E-state index contributed by atoms with van der Waals surface area (Å²) in [6.07, 6.45) is 0. The van der Waals surface area contributed by atoms with Crippen molar-refractivity contribution < 1.29 is 4.79 Å². The van der Waals surface area contributed by atoms with Gasteiger partial charge in [0.2, 0.25) is 11.1 Å². The molecule has 1 aliphatic rings. The maximum absolute atomic E-state index is 13.2. The summed E-state index contributed by atoms with van der Waals surface area (Å²) in [4.78, 5) is 13.2. The van der Waals surface area contributed by atoms with Crippen molar-refractivity contribution in [1.82, 2.24) is 14.9 Å².